The Hall–Kier alpha value is -0.670. The predicted octanol–water partition coefficient (Wildman–Crippen LogP) is 2.85. The van der Waals surface area contributed by atoms with Gasteiger partial charge >= 0.3 is 0 Å². The van der Waals surface area contributed by atoms with E-state index in [1.807, 2.05) is 6.08 Å². The second-order valence-electron chi connectivity index (χ2n) is 8.76. The topological polar surface area (TPSA) is 57.5 Å². The molecule has 0 bridgehead atoms. The average molecular weight is 304 g/mol. The van der Waals surface area contributed by atoms with Crippen LogP contribution in [0.1, 0.15) is 58.8 Å². The van der Waals surface area contributed by atoms with Crippen LogP contribution in [0.4, 0.5) is 0 Å². The molecule has 0 heterocycles. The van der Waals surface area contributed by atoms with Crippen LogP contribution in [-0.4, -0.2) is 28.2 Å². The minimum Gasteiger partial charge on any atom is -0.390 e. The van der Waals surface area contributed by atoms with E-state index in [1.165, 1.54) is 5.57 Å². The van der Waals surface area contributed by atoms with E-state index in [1.54, 1.807) is 0 Å². The van der Waals surface area contributed by atoms with Crippen molar-refractivity contribution in [2.75, 3.05) is 0 Å². The highest BCUT2D eigenvalue weighted by atomic mass is 16.3. The third-order valence-corrected chi connectivity index (χ3v) is 7.94. The van der Waals surface area contributed by atoms with Gasteiger partial charge in [0.05, 0.1) is 12.2 Å². The maximum absolute atomic E-state index is 11.8. The predicted molar refractivity (Wildman–Crippen MR) is 84.1 cm³/mol. The fourth-order valence-corrected chi connectivity index (χ4v) is 6.55. The zero-order valence-corrected chi connectivity index (χ0v) is 13.7. The van der Waals surface area contributed by atoms with E-state index in [9.17, 15) is 15.0 Å². The number of aliphatic hydroxyl groups excluding tert-OH is 2. The molecule has 0 amide bonds. The molecule has 0 spiro atoms. The largest absolute Gasteiger partial charge is 0.390 e. The fraction of sp³-hybridized carbons (Fsp3) is 0.842. The maximum atomic E-state index is 11.8. The summed E-state index contributed by atoms with van der Waals surface area (Å²) in [5.41, 5.74) is 1.45. The van der Waals surface area contributed by atoms with Crippen molar-refractivity contribution in [3.05, 3.63) is 11.6 Å². The second-order valence-corrected chi connectivity index (χ2v) is 8.76. The summed E-state index contributed by atoms with van der Waals surface area (Å²) in [5.74, 6) is 1.96. The summed E-state index contributed by atoms with van der Waals surface area (Å²) in [5, 5.41) is 20.7. The van der Waals surface area contributed by atoms with Crippen molar-refractivity contribution in [1.29, 1.82) is 0 Å². The monoisotopic (exact) mass is 304 g/mol. The first-order chi connectivity index (χ1) is 10.4. The first-order valence-corrected chi connectivity index (χ1v) is 8.96. The van der Waals surface area contributed by atoms with Crippen LogP contribution < -0.4 is 0 Å². The van der Waals surface area contributed by atoms with Gasteiger partial charge in [0.15, 0.2) is 5.78 Å². The highest BCUT2D eigenvalue weighted by Crippen LogP contribution is 2.65. The molecule has 4 rings (SSSR count). The van der Waals surface area contributed by atoms with Gasteiger partial charge in [-0.2, -0.15) is 0 Å². The molecular weight excluding hydrogens is 276 g/mol. The molecule has 0 aliphatic heterocycles. The molecule has 3 saturated carbocycles. The Bertz CT molecular complexity index is 539. The third-order valence-electron chi connectivity index (χ3n) is 7.94. The molecular formula is C19H28O3. The minimum atomic E-state index is -0.559. The van der Waals surface area contributed by atoms with Gasteiger partial charge < -0.3 is 10.2 Å². The zero-order valence-electron chi connectivity index (χ0n) is 13.7. The van der Waals surface area contributed by atoms with Gasteiger partial charge in [0.25, 0.3) is 0 Å². The number of aliphatic hydroxyl groups is 2. The molecule has 4 aliphatic carbocycles. The normalized spacial score (nSPS) is 54.3. The number of hydrogen-bond donors (Lipinski definition) is 2. The molecule has 3 nitrogen and oxygen atoms in total. The summed E-state index contributed by atoms with van der Waals surface area (Å²) >= 11 is 0. The van der Waals surface area contributed by atoms with Crippen LogP contribution in [0, 0.1) is 28.6 Å². The Morgan fingerprint density at radius 2 is 1.86 bits per heavy atom. The van der Waals surface area contributed by atoms with Gasteiger partial charge in [-0.3, -0.25) is 4.79 Å². The van der Waals surface area contributed by atoms with Crippen LogP contribution >= 0.6 is 0 Å². The maximum Gasteiger partial charge on any atom is 0.155 e. The Kier molecular flexibility index (Phi) is 3.16. The van der Waals surface area contributed by atoms with Crippen LogP contribution in [0.25, 0.3) is 0 Å². The van der Waals surface area contributed by atoms with Crippen LogP contribution in [0.15, 0.2) is 11.6 Å². The van der Waals surface area contributed by atoms with Crippen molar-refractivity contribution in [2.24, 2.45) is 28.6 Å². The Morgan fingerprint density at radius 1 is 1.09 bits per heavy atom. The lowest BCUT2D eigenvalue weighted by molar-refractivity contribution is -0.118. The van der Waals surface area contributed by atoms with Crippen LogP contribution in [0.5, 0.6) is 0 Å². The molecule has 3 fully saturated rings. The first-order valence-electron chi connectivity index (χ1n) is 8.96. The van der Waals surface area contributed by atoms with E-state index in [0.29, 0.717) is 30.0 Å². The summed E-state index contributed by atoms with van der Waals surface area (Å²) in [7, 11) is 0. The Morgan fingerprint density at radius 3 is 2.64 bits per heavy atom. The highest BCUT2D eigenvalue weighted by Gasteiger charge is 2.60. The molecule has 3 heteroatoms. The summed E-state index contributed by atoms with van der Waals surface area (Å²) in [6, 6.07) is 0. The molecule has 7 atom stereocenters. The van der Waals surface area contributed by atoms with E-state index in [2.05, 4.69) is 13.8 Å². The molecule has 4 aliphatic rings. The summed E-state index contributed by atoms with van der Waals surface area (Å²) in [4.78, 5) is 11.8. The SMILES string of the molecule is C[C@]12CCC(=O)C=C1CC[C@@H]1[C@H]2CC[C@]2(C)C(O)C(O)C[C@@H]12. The number of fused-ring (bicyclic) bond motifs is 5. The van der Waals surface area contributed by atoms with Crippen molar-refractivity contribution >= 4 is 5.78 Å². The molecule has 0 aromatic heterocycles. The standard InChI is InChI=1S/C19H28O3/c1-18-7-5-12(20)9-11(18)3-4-13-14(18)6-8-19(2)15(13)10-16(21)17(19)22/h9,13-17,21-22H,3-8,10H2,1-2H3/t13-,14-,15+,16?,17?,18+,19+/m1/s1. The first kappa shape index (κ1) is 14.9. The lowest BCUT2D eigenvalue weighted by atomic mass is 9.47. The molecule has 0 aromatic carbocycles. The smallest absolute Gasteiger partial charge is 0.155 e. The zero-order chi connectivity index (χ0) is 15.7. The van der Waals surface area contributed by atoms with Crippen molar-refractivity contribution in [3.8, 4) is 0 Å². The Balaban J connectivity index is 1.69. The Labute approximate surface area is 132 Å². The number of allylic oxidation sites excluding steroid dienone is 1. The second kappa shape index (κ2) is 4.67. The van der Waals surface area contributed by atoms with E-state index < -0.39 is 12.2 Å². The van der Waals surface area contributed by atoms with Crippen LogP contribution in [0.3, 0.4) is 0 Å². The van der Waals surface area contributed by atoms with Crippen molar-refractivity contribution in [1.82, 2.24) is 0 Å². The van der Waals surface area contributed by atoms with E-state index in [0.717, 1.165) is 38.5 Å². The number of carbonyl (C=O) groups excluding carboxylic acids is 1. The molecule has 2 N–H and O–H groups in total. The molecule has 22 heavy (non-hydrogen) atoms. The minimum absolute atomic E-state index is 0.108. The number of rotatable bonds is 0. The number of hydrogen-bond acceptors (Lipinski definition) is 3. The van der Waals surface area contributed by atoms with Crippen molar-refractivity contribution in [3.63, 3.8) is 0 Å². The van der Waals surface area contributed by atoms with Crippen molar-refractivity contribution < 1.29 is 15.0 Å². The van der Waals surface area contributed by atoms with Crippen LogP contribution in [-0.2, 0) is 4.79 Å². The molecule has 2 unspecified atom stereocenters. The summed E-state index contributed by atoms with van der Waals surface area (Å²) < 4.78 is 0. The molecule has 0 saturated heterocycles. The molecule has 0 aromatic rings. The van der Waals surface area contributed by atoms with Gasteiger partial charge in [-0.25, -0.2) is 0 Å². The van der Waals surface area contributed by atoms with Gasteiger partial charge in [-0.15, -0.1) is 0 Å². The van der Waals surface area contributed by atoms with Gasteiger partial charge in [0, 0.05) is 6.42 Å². The summed E-state index contributed by atoms with van der Waals surface area (Å²) in [6.45, 7) is 4.55. The van der Waals surface area contributed by atoms with Gasteiger partial charge in [-0.05, 0) is 73.2 Å². The van der Waals surface area contributed by atoms with E-state index in [4.69, 9.17) is 0 Å². The van der Waals surface area contributed by atoms with Gasteiger partial charge in [0.1, 0.15) is 0 Å². The molecule has 122 valence electrons. The average Bonchev–Trinajstić information content (AvgIpc) is 2.72. The quantitative estimate of drug-likeness (QED) is 0.723. The van der Waals surface area contributed by atoms with Gasteiger partial charge in [-0.1, -0.05) is 19.4 Å². The van der Waals surface area contributed by atoms with E-state index in [-0.39, 0.29) is 10.8 Å². The van der Waals surface area contributed by atoms with Gasteiger partial charge in [0.2, 0.25) is 0 Å². The summed E-state index contributed by atoms with van der Waals surface area (Å²) in [6.07, 6.45) is 7.56. The van der Waals surface area contributed by atoms with Crippen LogP contribution in [0.2, 0.25) is 0 Å². The lowest BCUT2D eigenvalue weighted by Gasteiger charge is -2.57. The fourth-order valence-electron chi connectivity index (χ4n) is 6.55. The third kappa shape index (κ3) is 1.78. The lowest BCUT2D eigenvalue weighted by Crippen LogP contribution is -2.51. The highest BCUT2D eigenvalue weighted by molar-refractivity contribution is 5.91. The van der Waals surface area contributed by atoms with E-state index >= 15 is 0 Å². The number of ketones is 1. The number of carbonyl (C=O) groups is 1. The molecule has 0 radical (unpaired) electrons. The van der Waals surface area contributed by atoms with Crippen molar-refractivity contribution in [2.45, 2.75) is 71.0 Å².